The number of aliphatic hydroxyl groups is 1. The molecule has 0 bridgehead atoms. The second-order valence-corrected chi connectivity index (χ2v) is 6.82. The highest BCUT2D eigenvalue weighted by atomic mass is 16.3. The lowest BCUT2D eigenvalue weighted by Gasteiger charge is -2.56. The first-order valence-electron chi connectivity index (χ1n) is 6.69. The summed E-state index contributed by atoms with van der Waals surface area (Å²) in [6.07, 6.45) is 7.55. The molecule has 2 rings (SSSR count). The second-order valence-electron chi connectivity index (χ2n) is 6.82. The zero-order valence-corrected chi connectivity index (χ0v) is 11.2. The van der Waals surface area contributed by atoms with Gasteiger partial charge in [-0.05, 0) is 42.9 Å². The van der Waals surface area contributed by atoms with E-state index in [9.17, 15) is 5.11 Å². The molecule has 2 aliphatic carbocycles. The van der Waals surface area contributed by atoms with Crippen LogP contribution >= 0.6 is 0 Å². The lowest BCUT2D eigenvalue weighted by atomic mass is 9.49. The lowest BCUT2D eigenvalue weighted by molar-refractivity contribution is -0.0509. The fraction of sp³-hybridized carbons (Fsp3) is 0.867. The highest BCUT2D eigenvalue weighted by molar-refractivity contribution is 5.18. The lowest BCUT2D eigenvalue weighted by Crippen LogP contribution is -2.49. The van der Waals surface area contributed by atoms with Crippen molar-refractivity contribution in [2.45, 2.75) is 53.4 Å². The largest absolute Gasteiger partial charge is 0.396 e. The van der Waals surface area contributed by atoms with Crippen molar-refractivity contribution in [3.05, 3.63) is 11.6 Å². The number of allylic oxidation sites excluding steroid dienone is 1. The SMILES string of the molecule is CC1=CCC2C(C)(C)CCCC2(C)C1CO. The molecule has 0 aromatic rings. The number of fused-ring (bicyclic) bond motifs is 1. The summed E-state index contributed by atoms with van der Waals surface area (Å²) in [6.45, 7) is 9.77. The number of rotatable bonds is 1. The van der Waals surface area contributed by atoms with Crippen molar-refractivity contribution in [2.75, 3.05) is 6.61 Å². The van der Waals surface area contributed by atoms with Gasteiger partial charge in [0.1, 0.15) is 0 Å². The van der Waals surface area contributed by atoms with E-state index in [0.29, 0.717) is 23.4 Å². The van der Waals surface area contributed by atoms with E-state index >= 15 is 0 Å². The van der Waals surface area contributed by atoms with E-state index in [-0.39, 0.29) is 0 Å². The van der Waals surface area contributed by atoms with Crippen molar-refractivity contribution in [3.8, 4) is 0 Å². The van der Waals surface area contributed by atoms with Crippen molar-refractivity contribution in [2.24, 2.45) is 22.7 Å². The Bertz CT molecular complexity index is 303. The van der Waals surface area contributed by atoms with E-state index in [4.69, 9.17) is 0 Å². The van der Waals surface area contributed by atoms with Crippen LogP contribution in [0.2, 0.25) is 0 Å². The van der Waals surface area contributed by atoms with Crippen LogP contribution in [0.15, 0.2) is 11.6 Å². The molecule has 16 heavy (non-hydrogen) atoms. The van der Waals surface area contributed by atoms with Crippen LogP contribution in [-0.4, -0.2) is 11.7 Å². The maximum absolute atomic E-state index is 9.69. The molecule has 1 N–H and O–H groups in total. The van der Waals surface area contributed by atoms with Gasteiger partial charge in [0, 0.05) is 5.92 Å². The summed E-state index contributed by atoms with van der Waals surface area (Å²) >= 11 is 0. The van der Waals surface area contributed by atoms with Gasteiger partial charge in [0.25, 0.3) is 0 Å². The predicted molar refractivity (Wildman–Crippen MR) is 68.2 cm³/mol. The van der Waals surface area contributed by atoms with Gasteiger partial charge in [0.15, 0.2) is 0 Å². The molecule has 0 aromatic carbocycles. The molecule has 0 radical (unpaired) electrons. The smallest absolute Gasteiger partial charge is 0.0501 e. The van der Waals surface area contributed by atoms with Crippen molar-refractivity contribution >= 4 is 0 Å². The summed E-state index contributed by atoms with van der Waals surface area (Å²) in [5.41, 5.74) is 2.19. The third-order valence-corrected chi connectivity index (χ3v) is 5.48. The van der Waals surface area contributed by atoms with E-state index in [1.165, 1.54) is 31.3 Å². The summed E-state index contributed by atoms with van der Waals surface area (Å²) in [7, 11) is 0. The third kappa shape index (κ3) is 1.64. The molecule has 3 atom stereocenters. The van der Waals surface area contributed by atoms with Crippen molar-refractivity contribution in [3.63, 3.8) is 0 Å². The average Bonchev–Trinajstić information content (AvgIpc) is 2.15. The molecule has 0 aliphatic heterocycles. The summed E-state index contributed by atoms with van der Waals surface area (Å²) < 4.78 is 0. The first-order chi connectivity index (χ1) is 7.42. The molecule has 0 aromatic heterocycles. The summed E-state index contributed by atoms with van der Waals surface area (Å²) in [5.74, 6) is 1.14. The number of aliphatic hydroxyl groups excluding tert-OH is 1. The van der Waals surface area contributed by atoms with E-state index in [2.05, 4.69) is 33.8 Å². The van der Waals surface area contributed by atoms with E-state index in [1.807, 2.05) is 0 Å². The average molecular weight is 222 g/mol. The summed E-state index contributed by atoms with van der Waals surface area (Å²) in [4.78, 5) is 0. The number of hydrogen-bond acceptors (Lipinski definition) is 1. The third-order valence-electron chi connectivity index (χ3n) is 5.48. The van der Waals surface area contributed by atoms with Crippen LogP contribution in [0, 0.1) is 22.7 Å². The Labute approximate surface area is 99.9 Å². The van der Waals surface area contributed by atoms with Crippen LogP contribution in [0.25, 0.3) is 0 Å². The van der Waals surface area contributed by atoms with Crippen LogP contribution < -0.4 is 0 Å². The van der Waals surface area contributed by atoms with Crippen molar-refractivity contribution in [1.82, 2.24) is 0 Å². The Morgan fingerprint density at radius 1 is 1.31 bits per heavy atom. The van der Waals surface area contributed by atoms with Crippen LogP contribution in [0.3, 0.4) is 0 Å². The molecule has 0 heterocycles. The zero-order chi connectivity index (χ0) is 12.0. The van der Waals surface area contributed by atoms with Crippen LogP contribution in [-0.2, 0) is 0 Å². The summed E-state index contributed by atoms with van der Waals surface area (Å²) in [6, 6.07) is 0. The topological polar surface area (TPSA) is 20.2 Å². The van der Waals surface area contributed by atoms with Gasteiger partial charge in [-0.15, -0.1) is 0 Å². The van der Waals surface area contributed by atoms with E-state index in [1.54, 1.807) is 0 Å². The van der Waals surface area contributed by atoms with Gasteiger partial charge in [0.05, 0.1) is 6.61 Å². The van der Waals surface area contributed by atoms with Gasteiger partial charge in [-0.3, -0.25) is 0 Å². The molecule has 1 nitrogen and oxygen atoms in total. The molecule has 2 aliphatic rings. The minimum Gasteiger partial charge on any atom is -0.396 e. The highest BCUT2D eigenvalue weighted by Gasteiger charge is 2.51. The maximum atomic E-state index is 9.69. The molecule has 1 fully saturated rings. The summed E-state index contributed by atoms with van der Waals surface area (Å²) in [5, 5.41) is 9.69. The van der Waals surface area contributed by atoms with Crippen LogP contribution in [0.1, 0.15) is 53.4 Å². The van der Waals surface area contributed by atoms with Gasteiger partial charge in [-0.1, -0.05) is 38.8 Å². The Morgan fingerprint density at radius 3 is 2.62 bits per heavy atom. The van der Waals surface area contributed by atoms with Crippen molar-refractivity contribution in [1.29, 1.82) is 0 Å². The van der Waals surface area contributed by atoms with Gasteiger partial charge in [-0.2, -0.15) is 0 Å². The predicted octanol–water partition coefficient (Wildman–Crippen LogP) is 3.78. The van der Waals surface area contributed by atoms with Gasteiger partial charge in [0.2, 0.25) is 0 Å². The van der Waals surface area contributed by atoms with Gasteiger partial charge >= 0.3 is 0 Å². The normalized spacial score (nSPS) is 42.4. The Hall–Kier alpha value is -0.300. The van der Waals surface area contributed by atoms with Crippen LogP contribution in [0.4, 0.5) is 0 Å². The molecule has 1 saturated carbocycles. The molecular weight excluding hydrogens is 196 g/mol. The zero-order valence-electron chi connectivity index (χ0n) is 11.2. The van der Waals surface area contributed by atoms with Gasteiger partial charge in [-0.25, -0.2) is 0 Å². The molecule has 0 amide bonds. The molecular formula is C15H26O. The van der Waals surface area contributed by atoms with E-state index in [0.717, 1.165) is 5.92 Å². The first-order valence-corrected chi connectivity index (χ1v) is 6.69. The van der Waals surface area contributed by atoms with Crippen LogP contribution in [0.5, 0.6) is 0 Å². The second kappa shape index (κ2) is 3.87. The van der Waals surface area contributed by atoms with E-state index < -0.39 is 0 Å². The highest BCUT2D eigenvalue weighted by Crippen LogP contribution is 2.59. The Morgan fingerprint density at radius 2 is 2.00 bits per heavy atom. The standard InChI is InChI=1S/C15H26O/c1-11-6-7-13-14(2,3)8-5-9-15(13,4)12(11)10-16/h6,12-13,16H,5,7-10H2,1-4H3. The molecule has 0 spiro atoms. The number of hydrogen-bond donors (Lipinski definition) is 1. The monoisotopic (exact) mass is 222 g/mol. The maximum Gasteiger partial charge on any atom is 0.0501 e. The molecule has 92 valence electrons. The quantitative estimate of drug-likeness (QED) is 0.669. The fourth-order valence-corrected chi connectivity index (χ4v) is 4.49. The van der Waals surface area contributed by atoms with Gasteiger partial charge < -0.3 is 5.11 Å². The minimum absolute atomic E-state index is 0.325. The molecule has 3 unspecified atom stereocenters. The van der Waals surface area contributed by atoms with Crippen molar-refractivity contribution < 1.29 is 5.11 Å². The molecule has 0 saturated heterocycles. The Kier molecular flexibility index (Phi) is 2.94. The molecule has 1 heteroatoms. The Balaban J connectivity index is 2.39. The minimum atomic E-state index is 0.325. The fourth-order valence-electron chi connectivity index (χ4n) is 4.49. The first kappa shape index (κ1) is 12.2.